The fourth-order valence-electron chi connectivity index (χ4n) is 1.32. The quantitative estimate of drug-likeness (QED) is 0.796. The minimum absolute atomic E-state index is 0.239. The number of hydrogen-bond acceptors (Lipinski definition) is 3. The third kappa shape index (κ3) is 3.53. The highest BCUT2D eigenvalue weighted by Crippen LogP contribution is 2.26. The van der Waals surface area contributed by atoms with Crippen molar-refractivity contribution >= 4 is 0 Å². The Morgan fingerprint density at radius 2 is 1.93 bits per heavy atom. The van der Waals surface area contributed by atoms with E-state index in [-0.39, 0.29) is 6.61 Å². The molecule has 3 nitrogen and oxygen atoms in total. The van der Waals surface area contributed by atoms with E-state index in [1.54, 1.807) is 13.8 Å². The summed E-state index contributed by atoms with van der Waals surface area (Å²) in [6.07, 6.45) is -1.07. The van der Waals surface area contributed by atoms with Crippen molar-refractivity contribution in [3.63, 3.8) is 0 Å². The minimum Gasteiger partial charge on any atom is -0.491 e. The summed E-state index contributed by atoms with van der Waals surface area (Å²) in [5.41, 5.74) is 1.82. The Kier molecular flexibility index (Phi) is 4.12. The van der Waals surface area contributed by atoms with E-state index in [0.717, 1.165) is 11.1 Å². The van der Waals surface area contributed by atoms with Crippen LogP contribution in [-0.2, 0) is 0 Å². The SMILES string of the molecule is Cc1ccc(C(C)O)c(OCC(C)O)c1. The van der Waals surface area contributed by atoms with Gasteiger partial charge in [0, 0.05) is 5.56 Å². The number of aryl methyl sites for hydroxylation is 1. The number of rotatable bonds is 4. The Labute approximate surface area is 90.3 Å². The van der Waals surface area contributed by atoms with Crippen molar-refractivity contribution in [1.82, 2.24) is 0 Å². The van der Waals surface area contributed by atoms with E-state index in [2.05, 4.69) is 0 Å². The van der Waals surface area contributed by atoms with Gasteiger partial charge in [-0.05, 0) is 32.4 Å². The zero-order valence-corrected chi connectivity index (χ0v) is 9.40. The third-order valence-electron chi connectivity index (χ3n) is 2.10. The molecule has 0 saturated heterocycles. The van der Waals surface area contributed by atoms with E-state index in [1.807, 2.05) is 25.1 Å². The van der Waals surface area contributed by atoms with Crippen LogP contribution in [0.2, 0.25) is 0 Å². The molecule has 1 aromatic rings. The van der Waals surface area contributed by atoms with E-state index in [1.165, 1.54) is 0 Å². The third-order valence-corrected chi connectivity index (χ3v) is 2.10. The van der Waals surface area contributed by atoms with E-state index in [0.29, 0.717) is 5.75 Å². The molecule has 0 aliphatic rings. The van der Waals surface area contributed by atoms with Crippen molar-refractivity contribution < 1.29 is 14.9 Å². The largest absolute Gasteiger partial charge is 0.491 e. The summed E-state index contributed by atoms with van der Waals surface area (Å²) in [5.74, 6) is 0.644. The van der Waals surface area contributed by atoms with Crippen LogP contribution in [0, 0.1) is 6.92 Å². The topological polar surface area (TPSA) is 49.7 Å². The number of hydrogen-bond donors (Lipinski definition) is 2. The number of aliphatic hydroxyl groups is 2. The highest BCUT2D eigenvalue weighted by Gasteiger charge is 2.09. The van der Waals surface area contributed by atoms with Gasteiger partial charge < -0.3 is 14.9 Å². The van der Waals surface area contributed by atoms with Gasteiger partial charge in [-0.3, -0.25) is 0 Å². The van der Waals surface area contributed by atoms with Crippen molar-refractivity contribution in [2.24, 2.45) is 0 Å². The molecular formula is C12H18O3. The molecule has 15 heavy (non-hydrogen) atoms. The number of benzene rings is 1. The van der Waals surface area contributed by atoms with Gasteiger partial charge in [-0.1, -0.05) is 12.1 Å². The summed E-state index contributed by atoms with van der Waals surface area (Å²) >= 11 is 0. The van der Waals surface area contributed by atoms with Gasteiger partial charge in [-0.25, -0.2) is 0 Å². The van der Waals surface area contributed by atoms with Crippen LogP contribution < -0.4 is 4.74 Å². The molecule has 0 bridgehead atoms. The van der Waals surface area contributed by atoms with Crippen molar-refractivity contribution in [1.29, 1.82) is 0 Å². The molecule has 84 valence electrons. The Morgan fingerprint density at radius 3 is 2.47 bits per heavy atom. The summed E-state index contributed by atoms with van der Waals surface area (Å²) in [6.45, 7) is 5.56. The predicted molar refractivity (Wildman–Crippen MR) is 59.0 cm³/mol. The van der Waals surface area contributed by atoms with Gasteiger partial charge in [-0.15, -0.1) is 0 Å². The van der Waals surface area contributed by atoms with Crippen molar-refractivity contribution in [3.05, 3.63) is 29.3 Å². The lowest BCUT2D eigenvalue weighted by atomic mass is 10.1. The lowest BCUT2D eigenvalue weighted by Gasteiger charge is -2.15. The van der Waals surface area contributed by atoms with E-state index in [4.69, 9.17) is 9.84 Å². The van der Waals surface area contributed by atoms with Gasteiger partial charge in [0.2, 0.25) is 0 Å². The average molecular weight is 210 g/mol. The second-order valence-corrected chi connectivity index (χ2v) is 3.88. The molecule has 0 aliphatic carbocycles. The van der Waals surface area contributed by atoms with Gasteiger partial charge in [0.05, 0.1) is 12.2 Å². The van der Waals surface area contributed by atoms with Crippen molar-refractivity contribution in [3.8, 4) is 5.75 Å². The maximum atomic E-state index is 9.52. The molecule has 3 heteroatoms. The summed E-state index contributed by atoms with van der Waals surface area (Å²) in [7, 11) is 0. The molecular weight excluding hydrogens is 192 g/mol. The molecule has 0 fully saturated rings. The maximum Gasteiger partial charge on any atom is 0.125 e. The normalized spacial score (nSPS) is 14.7. The van der Waals surface area contributed by atoms with Gasteiger partial charge >= 0.3 is 0 Å². The molecule has 0 aromatic heterocycles. The molecule has 0 saturated carbocycles. The van der Waals surface area contributed by atoms with E-state index in [9.17, 15) is 5.11 Å². The Hall–Kier alpha value is -1.06. The van der Waals surface area contributed by atoms with Crippen LogP contribution in [-0.4, -0.2) is 22.9 Å². The Morgan fingerprint density at radius 1 is 1.27 bits per heavy atom. The van der Waals surface area contributed by atoms with Crippen LogP contribution in [0.3, 0.4) is 0 Å². The lowest BCUT2D eigenvalue weighted by Crippen LogP contribution is -2.14. The average Bonchev–Trinajstić information content (AvgIpc) is 2.14. The maximum absolute atomic E-state index is 9.52. The van der Waals surface area contributed by atoms with Gasteiger partial charge in [0.25, 0.3) is 0 Å². The molecule has 2 atom stereocenters. The molecule has 0 heterocycles. The first kappa shape index (κ1) is 12.0. The zero-order chi connectivity index (χ0) is 11.4. The summed E-state index contributed by atoms with van der Waals surface area (Å²) < 4.78 is 5.43. The predicted octanol–water partition coefficient (Wildman–Crippen LogP) is 1.81. The van der Waals surface area contributed by atoms with Crippen LogP contribution in [0.4, 0.5) is 0 Å². The van der Waals surface area contributed by atoms with E-state index >= 15 is 0 Å². The smallest absolute Gasteiger partial charge is 0.125 e. The molecule has 0 amide bonds. The number of aliphatic hydroxyl groups excluding tert-OH is 2. The molecule has 1 rings (SSSR count). The highest BCUT2D eigenvalue weighted by molar-refractivity contribution is 5.38. The van der Waals surface area contributed by atoms with Crippen molar-refractivity contribution in [2.45, 2.75) is 33.0 Å². The standard InChI is InChI=1S/C12H18O3/c1-8-4-5-11(10(3)14)12(6-8)15-7-9(2)13/h4-6,9-10,13-14H,7H2,1-3H3. The molecule has 0 aliphatic heterocycles. The lowest BCUT2D eigenvalue weighted by molar-refractivity contribution is 0.118. The zero-order valence-electron chi connectivity index (χ0n) is 9.40. The summed E-state index contributed by atoms with van der Waals surface area (Å²) in [4.78, 5) is 0. The fraction of sp³-hybridized carbons (Fsp3) is 0.500. The first-order valence-electron chi connectivity index (χ1n) is 5.10. The van der Waals surface area contributed by atoms with Gasteiger partial charge in [0.1, 0.15) is 12.4 Å². The summed E-state index contributed by atoms with van der Waals surface area (Å²) in [5, 5.41) is 18.6. The molecule has 2 N–H and O–H groups in total. The molecule has 1 aromatic carbocycles. The van der Waals surface area contributed by atoms with Crippen LogP contribution in [0.1, 0.15) is 31.1 Å². The Bertz CT molecular complexity index is 319. The van der Waals surface area contributed by atoms with Crippen LogP contribution >= 0.6 is 0 Å². The monoisotopic (exact) mass is 210 g/mol. The number of ether oxygens (including phenoxy) is 1. The fourth-order valence-corrected chi connectivity index (χ4v) is 1.32. The first-order chi connectivity index (χ1) is 7.00. The second kappa shape index (κ2) is 5.14. The molecule has 2 unspecified atom stereocenters. The first-order valence-corrected chi connectivity index (χ1v) is 5.10. The summed E-state index contributed by atoms with van der Waals surface area (Å²) in [6, 6.07) is 5.64. The Balaban J connectivity index is 2.87. The van der Waals surface area contributed by atoms with Crippen LogP contribution in [0.5, 0.6) is 5.75 Å². The molecule has 0 radical (unpaired) electrons. The van der Waals surface area contributed by atoms with Crippen molar-refractivity contribution in [2.75, 3.05) is 6.61 Å². The molecule has 0 spiro atoms. The van der Waals surface area contributed by atoms with Crippen LogP contribution in [0.15, 0.2) is 18.2 Å². The van der Waals surface area contributed by atoms with Gasteiger partial charge in [0.15, 0.2) is 0 Å². The van der Waals surface area contributed by atoms with Crippen LogP contribution in [0.25, 0.3) is 0 Å². The highest BCUT2D eigenvalue weighted by atomic mass is 16.5. The van der Waals surface area contributed by atoms with Gasteiger partial charge in [-0.2, -0.15) is 0 Å². The minimum atomic E-state index is -0.561. The van der Waals surface area contributed by atoms with E-state index < -0.39 is 12.2 Å². The second-order valence-electron chi connectivity index (χ2n) is 3.88.